The van der Waals surface area contributed by atoms with Crippen molar-refractivity contribution in [2.45, 2.75) is 28.0 Å². The van der Waals surface area contributed by atoms with Crippen molar-refractivity contribution in [1.82, 2.24) is 0 Å². The molecule has 2 aliphatic rings. The van der Waals surface area contributed by atoms with Gasteiger partial charge in [-0.3, -0.25) is 0 Å². The second kappa shape index (κ2) is 9.96. The summed E-state index contributed by atoms with van der Waals surface area (Å²) in [7, 11) is 0. The summed E-state index contributed by atoms with van der Waals surface area (Å²) in [6, 6.07) is 44.0. The average Bonchev–Trinajstić information content (AvgIpc) is 3.50. The van der Waals surface area contributed by atoms with E-state index in [-0.39, 0.29) is 0 Å². The minimum atomic E-state index is -2.70. The van der Waals surface area contributed by atoms with Crippen LogP contribution in [0.25, 0.3) is 17.2 Å². The van der Waals surface area contributed by atoms with Crippen molar-refractivity contribution in [1.29, 1.82) is 0 Å². The Hall–Kier alpha value is -3.41. The molecule has 0 bridgehead atoms. The Morgan fingerprint density at radius 3 is 1.62 bits per heavy atom. The third-order valence-corrected chi connectivity index (χ3v) is 17.2. The van der Waals surface area contributed by atoms with Crippen molar-refractivity contribution in [2.75, 3.05) is 0 Å². The van der Waals surface area contributed by atoms with Gasteiger partial charge in [-0.25, -0.2) is 0 Å². The SMILES string of the molecule is Cc1ccc2c(c1)C=C[CH]2[Zr](=[C](c1ccccc1)c1ccccc1)[CH]1c2cc(C)ccc2-c2ccc(C)cc21. The molecule has 0 nitrogen and oxygen atoms in total. The molecule has 0 N–H and O–H groups in total. The van der Waals surface area contributed by atoms with Crippen molar-refractivity contribution in [3.05, 3.63) is 171 Å². The summed E-state index contributed by atoms with van der Waals surface area (Å²) in [5.74, 6) is 0. The van der Waals surface area contributed by atoms with Crippen LogP contribution >= 0.6 is 0 Å². The van der Waals surface area contributed by atoms with Crippen molar-refractivity contribution in [2.24, 2.45) is 0 Å². The Kier molecular flexibility index (Phi) is 6.29. The minimum absolute atomic E-state index is 0.439. The van der Waals surface area contributed by atoms with Gasteiger partial charge in [-0.2, -0.15) is 0 Å². The summed E-state index contributed by atoms with van der Waals surface area (Å²) in [5.41, 5.74) is 15.7. The van der Waals surface area contributed by atoms with Crippen molar-refractivity contribution >= 4 is 9.28 Å². The molecule has 5 aromatic rings. The molecule has 0 aliphatic heterocycles. The maximum absolute atomic E-state index is 2.70. The fraction of sp³-hybridized carbons (Fsp3) is 0.132. The van der Waals surface area contributed by atoms with Crippen molar-refractivity contribution in [3.63, 3.8) is 0 Å². The molecule has 0 fully saturated rings. The topological polar surface area (TPSA) is 0 Å². The standard InChI is InChI=1S/C15H13.C13H10.C10H9.Zr/c1-10-3-5-14-12(7-10)9-13-8-11(2)4-6-15(13)14;1-3-7-12(8-4-1)11-13-9-5-2-6-10-13;1-8-5-6-9-3-2-4-10(9)7-8;/h3-9H,1-2H3;1-10H;2-7H,1H3;. The zero-order chi connectivity index (χ0) is 26.5. The van der Waals surface area contributed by atoms with Gasteiger partial charge >= 0.3 is 241 Å². The summed E-state index contributed by atoms with van der Waals surface area (Å²) in [4.78, 5) is 0. The van der Waals surface area contributed by atoms with Crippen molar-refractivity contribution in [3.8, 4) is 11.1 Å². The number of fused-ring (bicyclic) bond motifs is 4. The molecule has 2 aliphatic carbocycles. The van der Waals surface area contributed by atoms with Gasteiger partial charge in [-0.1, -0.05) is 0 Å². The third kappa shape index (κ3) is 4.29. The predicted octanol–water partition coefficient (Wildman–Crippen LogP) is 9.34. The van der Waals surface area contributed by atoms with E-state index in [2.05, 4.69) is 148 Å². The first-order valence-electron chi connectivity index (χ1n) is 13.9. The fourth-order valence-electron chi connectivity index (χ4n) is 6.72. The van der Waals surface area contributed by atoms with E-state index in [1.165, 1.54) is 50.1 Å². The Morgan fingerprint density at radius 1 is 0.538 bits per heavy atom. The Morgan fingerprint density at radius 2 is 1.05 bits per heavy atom. The van der Waals surface area contributed by atoms with E-state index in [1.54, 1.807) is 14.3 Å². The summed E-state index contributed by atoms with van der Waals surface area (Å²) in [5, 5.41) is 0. The molecule has 1 heteroatoms. The van der Waals surface area contributed by atoms with Crippen molar-refractivity contribution < 1.29 is 21.3 Å². The molecule has 5 aromatic carbocycles. The van der Waals surface area contributed by atoms with Crippen LogP contribution < -0.4 is 0 Å². The molecular formula is C38H32Zr. The van der Waals surface area contributed by atoms with Gasteiger partial charge in [0.25, 0.3) is 0 Å². The van der Waals surface area contributed by atoms with Gasteiger partial charge in [0.1, 0.15) is 0 Å². The fourth-order valence-corrected chi connectivity index (χ4v) is 16.6. The van der Waals surface area contributed by atoms with Crippen LogP contribution in [0.1, 0.15) is 57.3 Å². The van der Waals surface area contributed by atoms with Gasteiger partial charge < -0.3 is 0 Å². The van der Waals surface area contributed by atoms with Gasteiger partial charge in [-0.05, 0) is 0 Å². The Bertz CT molecular complexity index is 1680. The average molecular weight is 580 g/mol. The van der Waals surface area contributed by atoms with Crippen LogP contribution in [0, 0.1) is 20.8 Å². The number of benzene rings is 5. The summed E-state index contributed by atoms with van der Waals surface area (Å²) < 4.78 is 2.52. The van der Waals surface area contributed by atoms with Gasteiger partial charge in [0.2, 0.25) is 0 Å². The zero-order valence-corrected chi connectivity index (χ0v) is 25.2. The van der Waals surface area contributed by atoms with Gasteiger partial charge in [0.05, 0.1) is 0 Å². The molecule has 0 saturated carbocycles. The first-order chi connectivity index (χ1) is 19.1. The van der Waals surface area contributed by atoms with Crippen LogP contribution in [0.2, 0.25) is 0 Å². The molecule has 7 rings (SSSR count). The maximum atomic E-state index is 2.56. The van der Waals surface area contributed by atoms with Crippen LogP contribution in [-0.4, -0.2) is 3.21 Å². The van der Waals surface area contributed by atoms with E-state index in [1.807, 2.05) is 0 Å². The number of hydrogen-bond donors (Lipinski definition) is 0. The molecule has 1 unspecified atom stereocenters. The van der Waals surface area contributed by atoms with Gasteiger partial charge in [0, 0.05) is 0 Å². The summed E-state index contributed by atoms with van der Waals surface area (Å²) >= 11 is -2.70. The third-order valence-electron chi connectivity index (χ3n) is 8.43. The molecule has 188 valence electrons. The second-order valence-electron chi connectivity index (χ2n) is 11.1. The molecular weight excluding hydrogens is 548 g/mol. The normalized spacial score (nSPS) is 15.1. The van der Waals surface area contributed by atoms with E-state index in [9.17, 15) is 0 Å². The predicted molar refractivity (Wildman–Crippen MR) is 162 cm³/mol. The molecule has 0 aromatic heterocycles. The number of aryl methyl sites for hydroxylation is 3. The van der Waals surface area contributed by atoms with Gasteiger partial charge in [-0.15, -0.1) is 0 Å². The van der Waals surface area contributed by atoms with Crippen LogP contribution in [-0.2, 0) is 21.3 Å². The van der Waals surface area contributed by atoms with E-state index in [0.29, 0.717) is 7.25 Å². The Balaban J connectivity index is 1.62. The molecule has 1 atom stereocenters. The van der Waals surface area contributed by atoms with Crippen LogP contribution in [0.3, 0.4) is 0 Å². The van der Waals surface area contributed by atoms with E-state index < -0.39 is 21.3 Å². The first-order valence-corrected chi connectivity index (χ1v) is 18.0. The van der Waals surface area contributed by atoms with Crippen LogP contribution in [0.5, 0.6) is 0 Å². The molecule has 39 heavy (non-hydrogen) atoms. The summed E-state index contributed by atoms with van der Waals surface area (Å²) in [6.45, 7) is 6.71. The molecule has 0 radical (unpaired) electrons. The molecule has 0 spiro atoms. The van der Waals surface area contributed by atoms with E-state index >= 15 is 0 Å². The van der Waals surface area contributed by atoms with Crippen LogP contribution in [0.4, 0.5) is 0 Å². The van der Waals surface area contributed by atoms with E-state index in [4.69, 9.17) is 0 Å². The molecule has 0 amide bonds. The monoisotopic (exact) mass is 578 g/mol. The first kappa shape index (κ1) is 24.6. The number of hydrogen-bond acceptors (Lipinski definition) is 0. The van der Waals surface area contributed by atoms with Gasteiger partial charge in [0.15, 0.2) is 0 Å². The van der Waals surface area contributed by atoms with E-state index in [0.717, 1.165) is 0 Å². The zero-order valence-electron chi connectivity index (χ0n) is 22.8. The Labute approximate surface area is 239 Å². The van der Waals surface area contributed by atoms with Crippen LogP contribution in [0.15, 0.2) is 121 Å². The second-order valence-corrected chi connectivity index (χ2v) is 17.6. The molecule has 0 saturated heterocycles. The molecule has 0 heterocycles. The number of allylic oxidation sites excluding steroid dienone is 1. The summed E-state index contributed by atoms with van der Waals surface area (Å²) in [6.07, 6.45) is 4.97. The quantitative estimate of drug-likeness (QED) is 0.199. The number of rotatable bonds is 4.